The molecule has 0 saturated heterocycles. The fourth-order valence-corrected chi connectivity index (χ4v) is 1.57. The zero-order valence-electron chi connectivity index (χ0n) is 10.7. The highest BCUT2D eigenvalue weighted by Gasteiger charge is 2.18. The number of ether oxygens (including phenoxy) is 1. The van der Waals surface area contributed by atoms with Gasteiger partial charge in [0.15, 0.2) is 6.10 Å². The van der Waals surface area contributed by atoms with Gasteiger partial charge in [-0.05, 0) is 26.0 Å². The molecule has 7 heteroatoms. The van der Waals surface area contributed by atoms with Crippen LogP contribution in [0.15, 0.2) is 18.2 Å². The number of amides is 1. The first-order valence-electron chi connectivity index (χ1n) is 5.56. The molecule has 0 aliphatic rings. The molecule has 1 aromatic carbocycles. The third-order valence-electron chi connectivity index (χ3n) is 2.33. The van der Waals surface area contributed by atoms with Gasteiger partial charge < -0.3 is 15.8 Å². The van der Waals surface area contributed by atoms with Crippen molar-refractivity contribution in [2.75, 3.05) is 6.54 Å². The molecule has 0 aromatic heterocycles. The van der Waals surface area contributed by atoms with Gasteiger partial charge in [-0.15, -0.1) is 12.4 Å². The number of nitrogens with one attached hydrogen (secondary N) is 1. The summed E-state index contributed by atoms with van der Waals surface area (Å²) in [6.07, 6.45) is -0.671. The molecule has 1 aromatic rings. The molecule has 0 fully saturated rings. The van der Waals surface area contributed by atoms with E-state index in [9.17, 15) is 4.79 Å². The summed E-state index contributed by atoms with van der Waals surface area (Å²) in [6, 6.07) is 4.91. The SMILES string of the molecule is CC(Oc1cccc(Cl)c1Cl)C(=O)N[C@@H](C)CN.Cl. The summed E-state index contributed by atoms with van der Waals surface area (Å²) in [5, 5.41) is 3.40. The highest BCUT2D eigenvalue weighted by Crippen LogP contribution is 2.32. The lowest BCUT2D eigenvalue weighted by Gasteiger charge is -2.18. The molecule has 108 valence electrons. The van der Waals surface area contributed by atoms with Crippen molar-refractivity contribution in [2.24, 2.45) is 5.73 Å². The van der Waals surface area contributed by atoms with Crippen molar-refractivity contribution in [3.8, 4) is 5.75 Å². The Kier molecular flexibility index (Phi) is 8.18. The summed E-state index contributed by atoms with van der Waals surface area (Å²) in [5.74, 6) is 0.135. The average Bonchev–Trinajstić information content (AvgIpc) is 2.34. The van der Waals surface area contributed by atoms with E-state index in [1.54, 1.807) is 25.1 Å². The van der Waals surface area contributed by atoms with E-state index in [1.165, 1.54) is 0 Å². The lowest BCUT2D eigenvalue weighted by Crippen LogP contribution is -2.44. The van der Waals surface area contributed by atoms with Crippen LogP contribution in [0.25, 0.3) is 0 Å². The van der Waals surface area contributed by atoms with E-state index in [0.717, 1.165) is 0 Å². The summed E-state index contributed by atoms with van der Waals surface area (Å²) in [6.45, 7) is 3.82. The molecule has 0 bridgehead atoms. The van der Waals surface area contributed by atoms with Crippen LogP contribution >= 0.6 is 35.6 Å². The predicted octanol–water partition coefficient (Wildman–Crippen LogP) is 2.65. The van der Waals surface area contributed by atoms with E-state index in [4.69, 9.17) is 33.7 Å². The third-order valence-corrected chi connectivity index (χ3v) is 3.13. The van der Waals surface area contributed by atoms with Crippen LogP contribution in [-0.4, -0.2) is 24.6 Å². The maximum absolute atomic E-state index is 11.7. The maximum Gasteiger partial charge on any atom is 0.261 e. The Morgan fingerprint density at radius 2 is 2.05 bits per heavy atom. The molecule has 2 atom stereocenters. The monoisotopic (exact) mass is 326 g/mol. The van der Waals surface area contributed by atoms with Gasteiger partial charge in [0.1, 0.15) is 10.8 Å². The van der Waals surface area contributed by atoms with Gasteiger partial charge in [0.05, 0.1) is 5.02 Å². The summed E-state index contributed by atoms with van der Waals surface area (Å²) >= 11 is 11.8. The quantitative estimate of drug-likeness (QED) is 0.874. The Balaban J connectivity index is 0.00000324. The first-order chi connectivity index (χ1) is 8.45. The highest BCUT2D eigenvalue weighted by atomic mass is 35.5. The van der Waals surface area contributed by atoms with Crippen LogP contribution in [0.1, 0.15) is 13.8 Å². The van der Waals surface area contributed by atoms with Gasteiger partial charge in [-0.1, -0.05) is 29.3 Å². The van der Waals surface area contributed by atoms with Crippen molar-refractivity contribution in [3.63, 3.8) is 0 Å². The molecule has 0 aliphatic heterocycles. The molecule has 3 N–H and O–H groups in total. The summed E-state index contributed by atoms with van der Waals surface area (Å²) in [7, 11) is 0. The Hall–Kier alpha value is -0.680. The van der Waals surface area contributed by atoms with E-state index in [-0.39, 0.29) is 24.4 Å². The van der Waals surface area contributed by atoms with Crippen molar-refractivity contribution in [1.29, 1.82) is 0 Å². The second kappa shape index (κ2) is 8.48. The maximum atomic E-state index is 11.7. The number of nitrogens with two attached hydrogens (primary N) is 1. The van der Waals surface area contributed by atoms with Crippen molar-refractivity contribution in [1.82, 2.24) is 5.32 Å². The normalized spacial score (nSPS) is 13.1. The molecule has 1 amide bonds. The number of hydrogen-bond acceptors (Lipinski definition) is 3. The Bertz CT molecular complexity index is 429. The number of rotatable bonds is 5. The van der Waals surface area contributed by atoms with Crippen molar-refractivity contribution < 1.29 is 9.53 Å². The highest BCUT2D eigenvalue weighted by molar-refractivity contribution is 6.42. The van der Waals surface area contributed by atoms with Crippen LogP contribution in [0.4, 0.5) is 0 Å². The van der Waals surface area contributed by atoms with Crippen LogP contribution in [0, 0.1) is 0 Å². The van der Waals surface area contributed by atoms with Gasteiger partial charge in [-0.25, -0.2) is 0 Å². The number of benzene rings is 1. The van der Waals surface area contributed by atoms with E-state index in [0.29, 0.717) is 22.3 Å². The van der Waals surface area contributed by atoms with Crippen molar-refractivity contribution >= 4 is 41.5 Å². The third kappa shape index (κ3) is 5.45. The van der Waals surface area contributed by atoms with E-state index in [2.05, 4.69) is 5.32 Å². The van der Waals surface area contributed by atoms with Crippen LogP contribution < -0.4 is 15.8 Å². The molecule has 19 heavy (non-hydrogen) atoms. The molecule has 4 nitrogen and oxygen atoms in total. The lowest BCUT2D eigenvalue weighted by molar-refractivity contribution is -0.127. The number of halogens is 3. The first kappa shape index (κ1) is 18.3. The zero-order chi connectivity index (χ0) is 13.7. The van der Waals surface area contributed by atoms with E-state index >= 15 is 0 Å². The fourth-order valence-electron chi connectivity index (χ4n) is 1.24. The second-order valence-corrected chi connectivity index (χ2v) is 4.74. The predicted molar refractivity (Wildman–Crippen MR) is 80.5 cm³/mol. The Morgan fingerprint density at radius 1 is 1.42 bits per heavy atom. The number of hydrogen-bond donors (Lipinski definition) is 2. The topological polar surface area (TPSA) is 64.3 Å². The Labute approximate surface area is 129 Å². The van der Waals surface area contributed by atoms with Gasteiger partial charge in [0, 0.05) is 12.6 Å². The number of carbonyl (C=O) groups is 1. The lowest BCUT2D eigenvalue weighted by atomic mass is 10.3. The molecule has 0 aliphatic carbocycles. The Morgan fingerprint density at radius 3 is 2.63 bits per heavy atom. The zero-order valence-corrected chi connectivity index (χ0v) is 13.0. The molecule has 0 spiro atoms. The summed E-state index contributed by atoms with van der Waals surface area (Å²) < 4.78 is 5.46. The number of carbonyl (C=O) groups excluding carboxylic acids is 1. The van der Waals surface area contributed by atoms with Gasteiger partial charge >= 0.3 is 0 Å². The smallest absolute Gasteiger partial charge is 0.261 e. The molecule has 1 unspecified atom stereocenters. The van der Waals surface area contributed by atoms with Crippen LogP contribution in [0.5, 0.6) is 5.75 Å². The minimum absolute atomic E-state index is 0. The van der Waals surface area contributed by atoms with Gasteiger partial charge in [-0.2, -0.15) is 0 Å². The first-order valence-corrected chi connectivity index (χ1v) is 6.32. The fraction of sp³-hybridized carbons (Fsp3) is 0.417. The van der Waals surface area contributed by atoms with Crippen LogP contribution in [0.2, 0.25) is 10.0 Å². The average molecular weight is 328 g/mol. The molecule has 0 saturated carbocycles. The summed E-state index contributed by atoms with van der Waals surface area (Å²) in [4.78, 5) is 11.7. The molecule has 0 radical (unpaired) electrons. The van der Waals surface area contributed by atoms with Gasteiger partial charge in [0.2, 0.25) is 0 Å². The molecular formula is C12H17Cl3N2O2. The van der Waals surface area contributed by atoms with E-state index < -0.39 is 6.10 Å². The molecule has 1 rings (SSSR count). The van der Waals surface area contributed by atoms with Crippen molar-refractivity contribution in [3.05, 3.63) is 28.2 Å². The van der Waals surface area contributed by atoms with Crippen molar-refractivity contribution in [2.45, 2.75) is 26.0 Å². The van der Waals surface area contributed by atoms with Gasteiger partial charge in [0.25, 0.3) is 5.91 Å². The second-order valence-electron chi connectivity index (χ2n) is 3.96. The van der Waals surface area contributed by atoms with E-state index in [1.807, 2.05) is 6.92 Å². The van der Waals surface area contributed by atoms with Crippen LogP contribution in [-0.2, 0) is 4.79 Å². The summed E-state index contributed by atoms with van der Waals surface area (Å²) in [5.41, 5.74) is 5.42. The molecule has 0 heterocycles. The van der Waals surface area contributed by atoms with Crippen LogP contribution in [0.3, 0.4) is 0 Å². The standard InChI is InChI=1S/C12H16Cl2N2O2.ClH/c1-7(6-15)16-12(17)8(2)18-10-5-3-4-9(13)11(10)14;/h3-5,7-8H,6,15H2,1-2H3,(H,16,17);1H/t7-,8?;/m0./s1. The minimum atomic E-state index is -0.671. The molecular weight excluding hydrogens is 311 g/mol. The largest absolute Gasteiger partial charge is 0.479 e. The minimum Gasteiger partial charge on any atom is -0.479 e. The van der Waals surface area contributed by atoms with Gasteiger partial charge in [-0.3, -0.25) is 4.79 Å².